The summed E-state index contributed by atoms with van der Waals surface area (Å²) in [6, 6.07) is 12.9. The van der Waals surface area contributed by atoms with Crippen LogP contribution < -0.4 is 10.5 Å². The number of hydrogen-bond donors (Lipinski definition) is 1. The van der Waals surface area contributed by atoms with Crippen LogP contribution in [0.3, 0.4) is 0 Å². The third-order valence-corrected chi connectivity index (χ3v) is 3.39. The molecule has 5 nitrogen and oxygen atoms in total. The lowest BCUT2D eigenvalue weighted by Gasteiger charge is -2.15. The quantitative estimate of drug-likeness (QED) is 0.785. The Bertz CT molecular complexity index is 755. The van der Waals surface area contributed by atoms with E-state index in [1.54, 1.807) is 49.5 Å². The molecule has 0 aliphatic carbocycles. The number of likely N-dealkylation sites (N-methyl/N-ethyl adjacent to an activating group) is 1. The molecule has 0 radical (unpaired) electrons. The van der Waals surface area contributed by atoms with E-state index in [9.17, 15) is 14.0 Å². The molecule has 2 aromatic carbocycles. The van der Waals surface area contributed by atoms with E-state index < -0.39 is 5.91 Å². The summed E-state index contributed by atoms with van der Waals surface area (Å²) in [6.07, 6.45) is 3.14. The fourth-order valence-corrected chi connectivity index (χ4v) is 2.07. The van der Waals surface area contributed by atoms with Gasteiger partial charge in [-0.25, -0.2) is 4.39 Å². The number of hydrogen-bond acceptors (Lipinski definition) is 3. The second kappa shape index (κ2) is 8.63. The largest absolute Gasteiger partial charge is 0.484 e. The molecule has 0 fully saturated rings. The molecule has 2 amide bonds. The van der Waals surface area contributed by atoms with Gasteiger partial charge in [-0.3, -0.25) is 9.59 Å². The van der Waals surface area contributed by atoms with E-state index >= 15 is 0 Å². The Balaban J connectivity index is 1.90. The first kappa shape index (κ1) is 18.2. The Kier molecular flexibility index (Phi) is 6.28. The molecule has 0 unspecified atom stereocenters. The number of benzene rings is 2. The van der Waals surface area contributed by atoms with Crippen LogP contribution in [0.1, 0.15) is 11.1 Å². The van der Waals surface area contributed by atoms with Crippen LogP contribution in [-0.4, -0.2) is 30.4 Å². The number of nitrogens with two attached hydrogens (primary N) is 1. The lowest BCUT2D eigenvalue weighted by molar-refractivity contribution is -0.125. The minimum absolute atomic E-state index is 0.168. The van der Waals surface area contributed by atoms with E-state index in [4.69, 9.17) is 10.5 Å². The van der Waals surface area contributed by atoms with Crippen LogP contribution in [0.5, 0.6) is 5.75 Å². The lowest BCUT2D eigenvalue weighted by atomic mass is 10.2. The fourth-order valence-electron chi connectivity index (χ4n) is 2.07. The Morgan fingerprint density at radius 1 is 1.12 bits per heavy atom. The van der Waals surface area contributed by atoms with Crippen molar-refractivity contribution in [2.24, 2.45) is 5.73 Å². The number of primary amides is 1. The third kappa shape index (κ3) is 6.10. The summed E-state index contributed by atoms with van der Waals surface area (Å²) in [5.41, 5.74) is 6.67. The molecule has 0 saturated carbocycles. The van der Waals surface area contributed by atoms with Crippen molar-refractivity contribution in [1.82, 2.24) is 4.90 Å². The second-order valence-electron chi connectivity index (χ2n) is 5.48. The van der Waals surface area contributed by atoms with Gasteiger partial charge >= 0.3 is 0 Å². The zero-order chi connectivity index (χ0) is 18.2. The maximum absolute atomic E-state index is 12.9. The summed E-state index contributed by atoms with van der Waals surface area (Å²) >= 11 is 0. The Morgan fingerprint density at radius 2 is 1.76 bits per heavy atom. The van der Waals surface area contributed by atoms with E-state index in [1.165, 1.54) is 23.1 Å². The Hall–Kier alpha value is -3.15. The van der Waals surface area contributed by atoms with Gasteiger partial charge < -0.3 is 15.4 Å². The number of carbonyl (C=O) groups is 2. The average Bonchev–Trinajstić information content (AvgIpc) is 2.60. The molecular formula is C19H19FN2O3. The molecule has 0 bridgehead atoms. The minimum Gasteiger partial charge on any atom is -0.484 e. The van der Waals surface area contributed by atoms with E-state index in [-0.39, 0.29) is 18.3 Å². The fraction of sp³-hybridized carbons (Fsp3) is 0.158. The van der Waals surface area contributed by atoms with Crippen molar-refractivity contribution in [1.29, 1.82) is 0 Å². The normalized spacial score (nSPS) is 10.6. The molecule has 0 atom stereocenters. The van der Waals surface area contributed by atoms with E-state index in [0.29, 0.717) is 12.3 Å². The smallest absolute Gasteiger partial charge is 0.255 e. The van der Waals surface area contributed by atoms with Gasteiger partial charge in [0.15, 0.2) is 6.61 Å². The summed E-state index contributed by atoms with van der Waals surface area (Å²) in [5, 5.41) is 0. The van der Waals surface area contributed by atoms with Gasteiger partial charge in [0, 0.05) is 19.7 Å². The molecule has 0 heterocycles. The molecule has 130 valence electrons. The van der Waals surface area contributed by atoms with E-state index in [1.807, 2.05) is 0 Å². The highest BCUT2D eigenvalue weighted by atomic mass is 19.1. The third-order valence-electron chi connectivity index (χ3n) is 3.39. The van der Waals surface area contributed by atoms with Crippen molar-refractivity contribution >= 4 is 17.9 Å². The summed E-state index contributed by atoms with van der Waals surface area (Å²) in [7, 11) is 1.68. The molecule has 0 spiro atoms. The number of amides is 2. The zero-order valence-corrected chi connectivity index (χ0v) is 13.8. The summed E-state index contributed by atoms with van der Waals surface area (Å²) in [6.45, 7) is 0.213. The number of ether oxygens (including phenoxy) is 1. The summed E-state index contributed by atoms with van der Waals surface area (Å²) in [4.78, 5) is 24.3. The molecule has 2 rings (SSSR count). The predicted molar refractivity (Wildman–Crippen MR) is 93.0 cm³/mol. The maximum Gasteiger partial charge on any atom is 0.255 e. The van der Waals surface area contributed by atoms with Crippen molar-refractivity contribution in [3.8, 4) is 5.75 Å². The summed E-state index contributed by atoms with van der Waals surface area (Å²) in [5.74, 6) is -0.492. The molecule has 6 heteroatoms. The molecule has 0 aliphatic heterocycles. The number of halogens is 1. The van der Waals surface area contributed by atoms with Crippen molar-refractivity contribution in [3.05, 3.63) is 71.6 Å². The first-order valence-electron chi connectivity index (χ1n) is 7.63. The zero-order valence-electron chi connectivity index (χ0n) is 13.8. The van der Waals surface area contributed by atoms with Gasteiger partial charge in [-0.1, -0.05) is 24.3 Å². The number of nitrogens with zero attached hydrogens (tertiary/aromatic N) is 1. The van der Waals surface area contributed by atoms with Gasteiger partial charge in [0.2, 0.25) is 5.91 Å². The van der Waals surface area contributed by atoms with Gasteiger partial charge in [0.1, 0.15) is 11.6 Å². The molecule has 0 saturated heterocycles. The maximum atomic E-state index is 12.9. The monoisotopic (exact) mass is 342 g/mol. The molecule has 25 heavy (non-hydrogen) atoms. The average molecular weight is 342 g/mol. The topological polar surface area (TPSA) is 72.6 Å². The summed E-state index contributed by atoms with van der Waals surface area (Å²) < 4.78 is 18.0. The number of rotatable bonds is 7. The van der Waals surface area contributed by atoms with Gasteiger partial charge in [-0.15, -0.1) is 0 Å². The van der Waals surface area contributed by atoms with Crippen molar-refractivity contribution in [2.45, 2.75) is 6.54 Å². The van der Waals surface area contributed by atoms with E-state index in [0.717, 1.165) is 11.1 Å². The van der Waals surface area contributed by atoms with Gasteiger partial charge in [-0.2, -0.15) is 0 Å². The first-order chi connectivity index (χ1) is 11.9. The van der Waals surface area contributed by atoms with Gasteiger partial charge in [-0.05, 0) is 41.5 Å². The SMILES string of the molecule is CN(Cc1ccc(F)cc1)C(=O)C=Cc1ccc(OCC(N)=O)cc1. The van der Waals surface area contributed by atoms with E-state index in [2.05, 4.69) is 0 Å². The van der Waals surface area contributed by atoms with Crippen LogP contribution >= 0.6 is 0 Å². The number of carbonyl (C=O) groups excluding carboxylic acids is 2. The standard InChI is InChI=1S/C19H19FN2O3/c1-22(12-15-2-7-16(20)8-3-15)19(24)11-6-14-4-9-17(10-5-14)25-13-18(21)23/h2-11H,12-13H2,1H3,(H2,21,23). The lowest BCUT2D eigenvalue weighted by Crippen LogP contribution is -2.24. The molecule has 0 aromatic heterocycles. The minimum atomic E-state index is -0.543. The Morgan fingerprint density at radius 3 is 2.36 bits per heavy atom. The van der Waals surface area contributed by atoms with Crippen LogP contribution in [0.4, 0.5) is 4.39 Å². The molecule has 2 N–H and O–H groups in total. The molecule has 2 aromatic rings. The second-order valence-corrected chi connectivity index (χ2v) is 5.48. The van der Waals surface area contributed by atoms with Crippen LogP contribution in [0.15, 0.2) is 54.6 Å². The van der Waals surface area contributed by atoms with Crippen molar-refractivity contribution < 1.29 is 18.7 Å². The van der Waals surface area contributed by atoms with Crippen LogP contribution in [-0.2, 0) is 16.1 Å². The highest BCUT2D eigenvalue weighted by Gasteiger charge is 2.06. The highest BCUT2D eigenvalue weighted by molar-refractivity contribution is 5.91. The Labute approximate surface area is 145 Å². The van der Waals surface area contributed by atoms with Crippen molar-refractivity contribution in [3.63, 3.8) is 0 Å². The van der Waals surface area contributed by atoms with Gasteiger partial charge in [0.05, 0.1) is 0 Å². The molecule has 0 aliphatic rings. The van der Waals surface area contributed by atoms with Crippen LogP contribution in [0.2, 0.25) is 0 Å². The predicted octanol–water partition coefficient (Wildman–Crippen LogP) is 2.36. The van der Waals surface area contributed by atoms with Crippen LogP contribution in [0.25, 0.3) is 6.08 Å². The van der Waals surface area contributed by atoms with Crippen LogP contribution in [0, 0.1) is 5.82 Å². The van der Waals surface area contributed by atoms with Gasteiger partial charge in [0.25, 0.3) is 5.91 Å². The first-order valence-corrected chi connectivity index (χ1v) is 7.63. The highest BCUT2D eigenvalue weighted by Crippen LogP contribution is 2.13. The molecular weight excluding hydrogens is 323 g/mol. The van der Waals surface area contributed by atoms with Crippen molar-refractivity contribution in [2.75, 3.05) is 13.7 Å².